The number of carbonyl (C=O) groups excluding carboxylic acids is 1. The van der Waals surface area contributed by atoms with Crippen molar-refractivity contribution in [2.45, 2.75) is 6.92 Å². The molecule has 12 heavy (non-hydrogen) atoms. The van der Waals surface area contributed by atoms with Crippen LogP contribution in [0.1, 0.15) is 9.78 Å². The van der Waals surface area contributed by atoms with Crippen molar-refractivity contribution < 1.29 is 29.3 Å². The summed E-state index contributed by atoms with van der Waals surface area (Å²) in [6.07, 6.45) is 0. The Balaban J connectivity index is -0.0000000675. The molecule has 0 radical (unpaired) electrons. The molecule has 0 saturated carbocycles. The van der Waals surface area contributed by atoms with Crippen LogP contribution in [0, 0.1) is 0 Å². The van der Waals surface area contributed by atoms with Gasteiger partial charge < -0.3 is 24.5 Å². The summed E-state index contributed by atoms with van der Waals surface area (Å²) in [6.45, 7) is 2.80. The summed E-state index contributed by atoms with van der Waals surface area (Å²) in [7, 11) is 6.18. The SMILES string of the molecule is CC(=O)OCC[N+](C)(C)C.[Ca+2].[Cl-].[H-].[H-]. The first-order chi connectivity index (χ1) is 4.42. The molecule has 0 aromatic heterocycles. The first-order valence-electron chi connectivity index (χ1n) is 3.35. The van der Waals surface area contributed by atoms with Crippen LogP contribution in [0.15, 0.2) is 0 Å². The Morgan fingerprint density at radius 2 is 1.83 bits per heavy atom. The van der Waals surface area contributed by atoms with Gasteiger partial charge in [0.1, 0.15) is 13.2 Å². The molecule has 0 atom stereocenters. The first-order valence-corrected chi connectivity index (χ1v) is 3.35. The number of esters is 1. The Bertz CT molecular complexity index is 133. The molecule has 0 aromatic carbocycles. The quantitative estimate of drug-likeness (QED) is 0.292. The third-order valence-corrected chi connectivity index (χ3v) is 1.07. The van der Waals surface area contributed by atoms with Crippen molar-refractivity contribution in [3.8, 4) is 0 Å². The maximum atomic E-state index is 10.3. The van der Waals surface area contributed by atoms with Crippen LogP contribution in [0.4, 0.5) is 0 Å². The zero-order valence-corrected chi connectivity index (χ0v) is 11.2. The molecule has 3 nitrogen and oxygen atoms in total. The monoisotopic (exact) mass is 223 g/mol. The van der Waals surface area contributed by atoms with Crippen LogP contribution in [-0.4, -0.2) is 82.5 Å². The van der Waals surface area contributed by atoms with Gasteiger partial charge in [0.05, 0.1) is 21.1 Å². The molecule has 0 saturated heterocycles. The molecule has 0 unspecified atom stereocenters. The van der Waals surface area contributed by atoms with Gasteiger partial charge in [-0.1, -0.05) is 0 Å². The number of hydrogen-bond acceptors (Lipinski definition) is 2. The van der Waals surface area contributed by atoms with E-state index in [0.29, 0.717) is 6.61 Å². The summed E-state index contributed by atoms with van der Waals surface area (Å²) in [5, 5.41) is 0. The predicted octanol–water partition coefficient (Wildman–Crippen LogP) is -2.90. The number of carbonyl (C=O) groups is 1. The van der Waals surface area contributed by atoms with Crippen LogP contribution in [0.5, 0.6) is 0 Å². The molecule has 0 amide bonds. The Hall–Kier alpha value is 0.980. The second-order valence-corrected chi connectivity index (χ2v) is 3.35. The second-order valence-electron chi connectivity index (χ2n) is 3.35. The van der Waals surface area contributed by atoms with Crippen molar-refractivity contribution in [1.29, 1.82) is 0 Å². The van der Waals surface area contributed by atoms with Gasteiger partial charge in [0.25, 0.3) is 0 Å². The number of ether oxygens (including phenoxy) is 1. The second kappa shape index (κ2) is 8.57. The summed E-state index contributed by atoms with van der Waals surface area (Å²) in [5.41, 5.74) is 0. The zero-order valence-electron chi connectivity index (χ0n) is 10.3. The Morgan fingerprint density at radius 3 is 2.08 bits per heavy atom. The van der Waals surface area contributed by atoms with E-state index >= 15 is 0 Å². The Morgan fingerprint density at radius 1 is 1.42 bits per heavy atom. The molecule has 0 aromatic rings. The van der Waals surface area contributed by atoms with E-state index in [1.165, 1.54) is 6.92 Å². The fourth-order valence-electron chi connectivity index (χ4n) is 0.463. The number of hydrogen-bond donors (Lipinski definition) is 0. The molecule has 0 aliphatic carbocycles. The van der Waals surface area contributed by atoms with E-state index in [0.717, 1.165) is 11.0 Å². The van der Waals surface area contributed by atoms with Crippen molar-refractivity contribution in [1.82, 2.24) is 0 Å². The topological polar surface area (TPSA) is 26.3 Å². The number of halogens is 1. The van der Waals surface area contributed by atoms with Crippen molar-refractivity contribution >= 4 is 43.7 Å². The van der Waals surface area contributed by atoms with Crippen LogP contribution >= 0.6 is 0 Å². The zero-order chi connectivity index (χ0) is 8.20. The van der Waals surface area contributed by atoms with Crippen LogP contribution in [0.2, 0.25) is 0 Å². The Labute approximate surface area is 113 Å². The van der Waals surface area contributed by atoms with Gasteiger partial charge in [-0.25, -0.2) is 0 Å². The predicted molar refractivity (Wildman–Crippen MR) is 47.5 cm³/mol. The molecular weight excluding hydrogens is 206 g/mol. The minimum Gasteiger partial charge on any atom is -1.00 e. The molecule has 0 rings (SSSR count). The van der Waals surface area contributed by atoms with Gasteiger partial charge in [0.15, 0.2) is 0 Å². The molecule has 0 heterocycles. The van der Waals surface area contributed by atoms with Crippen molar-refractivity contribution in [3.05, 3.63) is 0 Å². The number of likely N-dealkylation sites (N-methyl/N-ethyl adjacent to an activating group) is 1. The van der Waals surface area contributed by atoms with Gasteiger partial charge in [-0.3, -0.25) is 4.79 Å². The molecule has 0 bridgehead atoms. The smallest absolute Gasteiger partial charge is 1.00 e. The maximum absolute atomic E-state index is 10.3. The summed E-state index contributed by atoms with van der Waals surface area (Å²) in [4.78, 5) is 10.3. The number of nitrogens with zero attached hydrogens (tertiary/aromatic N) is 1. The van der Waals surface area contributed by atoms with E-state index in [1.54, 1.807) is 0 Å². The van der Waals surface area contributed by atoms with Crippen molar-refractivity contribution in [2.75, 3.05) is 34.3 Å². The number of rotatable bonds is 3. The normalized spacial score (nSPS) is 9.33. The fourth-order valence-corrected chi connectivity index (χ4v) is 0.463. The molecule has 0 N–H and O–H groups in total. The summed E-state index contributed by atoms with van der Waals surface area (Å²) in [6, 6.07) is 0. The molecule has 72 valence electrons. The summed E-state index contributed by atoms with van der Waals surface area (Å²) < 4.78 is 5.59. The third-order valence-electron chi connectivity index (χ3n) is 1.07. The van der Waals surface area contributed by atoms with Gasteiger partial charge in [-0.2, -0.15) is 0 Å². The molecule has 0 aliphatic heterocycles. The first kappa shape index (κ1) is 18.7. The Kier molecular flexibility index (Phi) is 13.4. The van der Waals surface area contributed by atoms with E-state index in [-0.39, 0.29) is 59.0 Å². The molecule has 0 aliphatic rings. The summed E-state index contributed by atoms with van der Waals surface area (Å²) in [5.74, 6) is -0.201. The van der Waals surface area contributed by atoms with E-state index in [4.69, 9.17) is 4.74 Å². The van der Waals surface area contributed by atoms with Gasteiger partial charge in [0, 0.05) is 6.92 Å². The fraction of sp³-hybridized carbons (Fsp3) is 0.857. The van der Waals surface area contributed by atoms with E-state index in [9.17, 15) is 4.79 Å². The molecular formula is C7H18CaClNO2. The van der Waals surface area contributed by atoms with Crippen LogP contribution in [-0.2, 0) is 9.53 Å². The van der Waals surface area contributed by atoms with E-state index in [2.05, 4.69) is 21.1 Å². The maximum Gasteiger partial charge on any atom is 2.00 e. The van der Waals surface area contributed by atoms with Gasteiger partial charge >= 0.3 is 43.7 Å². The minimum atomic E-state index is -0.201. The van der Waals surface area contributed by atoms with Crippen molar-refractivity contribution in [2.24, 2.45) is 0 Å². The van der Waals surface area contributed by atoms with Gasteiger partial charge in [0.2, 0.25) is 0 Å². The number of quaternary nitrogens is 1. The average Bonchev–Trinajstić information content (AvgIpc) is 1.59. The summed E-state index contributed by atoms with van der Waals surface area (Å²) >= 11 is 0. The minimum absolute atomic E-state index is 0. The average molecular weight is 224 g/mol. The molecule has 0 spiro atoms. The molecule has 5 heteroatoms. The van der Waals surface area contributed by atoms with Crippen LogP contribution in [0.25, 0.3) is 0 Å². The van der Waals surface area contributed by atoms with E-state index < -0.39 is 0 Å². The van der Waals surface area contributed by atoms with E-state index in [1.807, 2.05) is 0 Å². The third kappa shape index (κ3) is 17.2. The largest absolute Gasteiger partial charge is 2.00 e. The van der Waals surface area contributed by atoms with Crippen LogP contribution < -0.4 is 12.4 Å². The van der Waals surface area contributed by atoms with Crippen LogP contribution in [0.3, 0.4) is 0 Å². The van der Waals surface area contributed by atoms with Gasteiger partial charge in [-0.15, -0.1) is 0 Å². The van der Waals surface area contributed by atoms with Gasteiger partial charge in [-0.05, 0) is 0 Å². The van der Waals surface area contributed by atoms with Crippen molar-refractivity contribution in [3.63, 3.8) is 0 Å². The molecule has 0 fully saturated rings. The standard InChI is InChI=1S/C7H16NO2.Ca.ClH.2H/c1-7(9)10-6-5-8(2,3)4;;;;/h5-6H2,1-4H3;;1H;;/q+1;+2;;2*-1/p-1.